The summed E-state index contributed by atoms with van der Waals surface area (Å²) in [7, 11) is -2.71. The van der Waals surface area contributed by atoms with Crippen molar-refractivity contribution in [3.8, 4) is 0 Å². The highest BCUT2D eigenvalue weighted by Gasteiger charge is 2.53. The fourth-order valence-corrected chi connectivity index (χ4v) is 11.7. The highest BCUT2D eigenvalue weighted by atomic mass is 28.4. The Bertz CT molecular complexity index is 1020. The highest BCUT2D eigenvalue weighted by Crippen LogP contribution is 2.41. The third kappa shape index (κ3) is 4.92. The first-order valence-electron chi connectivity index (χ1n) is 14.4. The molecule has 0 saturated carbocycles. The molecule has 7 heteroatoms. The molecule has 2 aromatic rings. The van der Waals surface area contributed by atoms with Crippen molar-refractivity contribution in [2.75, 3.05) is 13.2 Å². The largest absolute Gasteiger partial charge is 0.405 e. The molecule has 0 amide bonds. The van der Waals surface area contributed by atoms with E-state index in [1.807, 2.05) is 0 Å². The monoisotopic (exact) mass is 538 g/mol. The van der Waals surface area contributed by atoms with Gasteiger partial charge in [-0.3, -0.25) is 0 Å². The van der Waals surface area contributed by atoms with Crippen LogP contribution in [0.4, 0.5) is 0 Å². The number of rotatable bonds is 5. The van der Waals surface area contributed by atoms with Crippen molar-refractivity contribution in [1.82, 2.24) is 0 Å². The van der Waals surface area contributed by atoms with Crippen LogP contribution < -0.4 is 10.4 Å². The Morgan fingerprint density at radius 1 is 0.763 bits per heavy atom. The van der Waals surface area contributed by atoms with Gasteiger partial charge < -0.3 is 28.5 Å². The summed E-state index contributed by atoms with van der Waals surface area (Å²) in [6.07, 6.45) is 3.36. The predicted molar refractivity (Wildman–Crippen MR) is 148 cm³/mol. The number of ether oxygens (including phenoxy) is 4. The molecule has 6 rings (SSSR count). The van der Waals surface area contributed by atoms with E-state index in [1.54, 1.807) is 0 Å². The van der Waals surface area contributed by atoms with Crippen LogP contribution in [0.3, 0.4) is 0 Å². The molecule has 0 aromatic heterocycles. The van der Waals surface area contributed by atoms with Crippen LogP contribution in [-0.2, 0) is 23.4 Å². The maximum atomic E-state index is 11.2. The van der Waals surface area contributed by atoms with Crippen LogP contribution in [0.2, 0.25) is 5.04 Å². The number of hydrogen-bond acceptors (Lipinski definition) is 6. The molecule has 0 unspecified atom stereocenters. The molecule has 1 N–H and O–H groups in total. The topological polar surface area (TPSA) is 66.4 Å². The normalized spacial score (nSPS) is 35.6. The predicted octanol–water partition coefficient (Wildman–Crippen LogP) is 3.58. The Balaban J connectivity index is 1.21. The lowest BCUT2D eigenvalue weighted by atomic mass is 9.85. The average Bonchev–Trinajstić information content (AvgIpc) is 2.92. The lowest BCUT2D eigenvalue weighted by Gasteiger charge is -2.52. The molecule has 0 bridgehead atoms. The Labute approximate surface area is 227 Å². The van der Waals surface area contributed by atoms with Gasteiger partial charge in [-0.15, -0.1) is 0 Å². The maximum Gasteiger partial charge on any atom is 0.261 e. The first-order valence-corrected chi connectivity index (χ1v) is 16.3. The van der Waals surface area contributed by atoms with Crippen LogP contribution in [-0.4, -0.2) is 75.5 Å². The van der Waals surface area contributed by atoms with Crippen LogP contribution in [0, 0.1) is 0 Å². The molecule has 38 heavy (non-hydrogen) atoms. The van der Waals surface area contributed by atoms with Gasteiger partial charge in [-0.2, -0.15) is 0 Å². The summed E-state index contributed by atoms with van der Waals surface area (Å²) >= 11 is 0. The molecule has 0 radical (unpaired) electrons. The summed E-state index contributed by atoms with van der Waals surface area (Å²) in [4.78, 5) is 0. The van der Waals surface area contributed by atoms with E-state index in [2.05, 4.69) is 81.4 Å². The van der Waals surface area contributed by atoms with Crippen LogP contribution in [0.15, 0.2) is 60.7 Å². The second-order valence-corrected chi connectivity index (χ2v) is 16.7. The van der Waals surface area contributed by atoms with Crippen molar-refractivity contribution in [3.05, 3.63) is 60.7 Å². The zero-order valence-electron chi connectivity index (χ0n) is 22.8. The second-order valence-electron chi connectivity index (χ2n) is 12.4. The Kier molecular flexibility index (Phi) is 7.55. The van der Waals surface area contributed by atoms with Gasteiger partial charge in [0.05, 0.1) is 49.3 Å². The number of aliphatic hydroxyl groups is 1. The van der Waals surface area contributed by atoms with Gasteiger partial charge in [-0.1, -0.05) is 81.4 Å². The minimum Gasteiger partial charge on any atom is -0.405 e. The number of benzene rings is 2. The van der Waals surface area contributed by atoms with Gasteiger partial charge in [0.15, 0.2) is 0 Å². The SMILES string of the molecule is CC(C)(C)[Si](OC[C@@H]1O[C@@H]2C[C@@H]3O[C@@H]4CCCO[C@H]4C[C@H]3O[C@H]2C[C@H]1O)(c1ccccc1)c1ccccc1. The molecular formula is C31H42O6Si. The lowest BCUT2D eigenvalue weighted by molar-refractivity contribution is -0.290. The summed E-state index contributed by atoms with van der Waals surface area (Å²) in [6, 6.07) is 21.2. The minimum atomic E-state index is -2.71. The molecular weight excluding hydrogens is 496 g/mol. The quantitative estimate of drug-likeness (QED) is 0.587. The molecule has 6 nitrogen and oxygen atoms in total. The highest BCUT2D eigenvalue weighted by molar-refractivity contribution is 6.99. The van der Waals surface area contributed by atoms with E-state index >= 15 is 0 Å². The van der Waals surface area contributed by atoms with Crippen molar-refractivity contribution in [3.63, 3.8) is 0 Å². The van der Waals surface area contributed by atoms with Crippen molar-refractivity contribution >= 4 is 18.7 Å². The maximum absolute atomic E-state index is 11.2. The summed E-state index contributed by atoms with van der Waals surface area (Å²) in [5.41, 5.74) is 0. The van der Waals surface area contributed by atoms with Gasteiger partial charge in [0, 0.05) is 25.9 Å². The summed E-state index contributed by atoms with van der Waals surface area (Å²) in [5.74, 6) is 0. The molecule has 4 aliphatic rings. The zero-order valence-corrected chi connectivity index (χ0v) is 23.8. The average molecular weight is 539 g/mol. The molecule has 8 atom stereocenters. The second kappa shape index (κ2) is 10.8. The van der Waals surface area contributed by atoms with Gasteiger partial charge in [-0.05, 0) is 28.3 Å². The Morgan fingerprint density at radius 3 is 1.95 bits per heavy atom. The van der Waals surface area contributed by atoms with Crippen molar-refractivity contribution < 1.29 is 28.5 Å². The molecule has 0 aliphatic carbocycles. The fourth-order valence-electron chi connectivity index (χ4n) is 7.10. The van der Waals surface area contributed by atoms with Crippen LogP contribution in [0.25, 0.3) is 0 Å². The molecule has 4 heterocycles. The lowest BCUT2D eigenvalue weighted by Crippen LogP contribution is -2.68. The molecule has 4 fully saturated rings. The first kappa shape index (κ1) is 26.6. The number of fused-ring (bicyclic) bond motifs is 3. The van der Waals surface area contributed by atoms with Crippen LogP contribution >= 0.6 is 0 Å². The van der Waals surface area contributed by atoms with E-state index < -0.39 is 20.5 Å². The van der Waals surface area contributed by atoms with E-state index in [-0.39, 0.29) is 41.7 Å². The first-order chi connectivity index (χ1) is 18.3. The molecule has 4 saturated heterocycles. The van der Waals surface area contributed by atoms with Crippen molar-refractivity contribution in [2.45, 2.75) is 107 Å². The third-order valence-corrected chi connectivity index (χ3v) is 14.0. The minimum absolute atomic E-state index is 0.0105. The molecule has 206 valence electrons. The molecule has 0 spiro atoms. The number of hydrogen-bond donors (Lipinski definition) is 1. The van der Waals surface area contributed by atoms with E-state index in [4.69, 9.17) is 23.4 Å². The summed E-state index contributed by atoms with van der Waals surface area (Å²) < 4.78 is 32.6. The molecule has 2 aromatic carbocycles. The summed E-state index contributed by atoms with van der Waals surface area (Å²) in [6.45, 7) is 7.95. The van der Waals surface area contributed by atoms with Gasteiger partial charge in [-0.25, -0.2) is 0 Å². The Morgan fingerprint density at radius 2 is 1.32 bits per heavy atom. The standard InChI is InChI=1S/C31H42O6Si/c1-31(2,3)38(21-11-6-4-7-12-21,22-13-8-5-9-14-22)34-20-30-23(32)17-26-28(37-30)19-29-27(36-26)18-25-24(35-29)15-10-16-33-25/h4-9,11-14,23-30,32H,10,15-20H2,1-3H3/t23-,24-,25+,26+,27-,28-,29+,30+/m1/s1. The fraction of sp³-hybridized carbons (Fsp3) is 0.613. The van der Waals surface area contributed by atoms with Crippen LogP contribution in [0.1, 0.15) is 52.9 Å². The third-order valence-electron chi connectivity index (χ3n) is 8.97. The van der Waals surface area contributed by atoms with E-state index in [0.29, 0.717) is 13.0 Å². The zero-order chi connectivity index (χ0) is 26.3. The van der Waals surface area contributed by atoms with Gasteiger partial charge in [0.25, 0.3) is 8.32 Å². The van der Waals surface area contributed by atoms with Gasteiger partial charge in [0.1, 0.15) is 6.10 Å². The van der Waals surface area contributed by atoms with E-state index in [0.717, 1.165) is 32.3 Å². The van der Waals surface area contributed by atoms with Gasteiger partial charge in [0.2, 0.25) is 0 Å². The van der Waals surface area contributed by atoms with Gasteiger partial charge >= 0.3 is 0 Å². The molecule has 4 aliphatic heterocycles. The van der Waals surface area contributed by atoms with Crippen molar-refractivity contribution in [2.24, 2.45) is 0 Å². The van der Waals surface area contributed by atoms with E-state index in [9.17, 15) is 5.11 Å². The van der Waals surface area contributed by atoms with E-state index in [1.165, 1.54) is 10.4 Å². The Hall–Kier alpha value is -1.58. The van der Waals surface area contributed by atoms with Crippen molar-refractivity contribution in [1.29, 1.82) is 0 Å². The number of aliphatic hydroxyl groups excluding tert-OH is 1. The van der Waals surface area contributed by atoms with Crippen LogP contribution in [0.5, 0.6) is 0 Å². The summed E-state index contributed by atoms with van der Waals surface area (Å²) in [5, 5.41) is 13.5. The smallest absolute Gasteiger partial charge is 0.261 e.